The number of halogens is 1. The number of ether oxygens (including phenoxy) is 2. The fourth-order valence-corrected chi connectivity index (χ4v) is 2.77. The van der Waals surface area contributed by atoms with E-state index in [9.17, 15) is 14.4 Å². The molecule has 1 atom stereocenters. The average molecular weight is 415 g/mol. The number of carbonyl (C=O) groups is 3. The molecule has 0 unspecified atom stereocenters. The van der Waals surface area contributed by atoms with Crippen LogP contribution in [0.3, 0.4) is 0 Å². The number of ketones is 1. The number of hydrogen-bond acceptors (Lipinski definition) is 6. The predicted molar refractivity (Wildman–Crippen MR) is 108 cm³/mol. The molecule has 150 valence electrons. The van der Waals surface area contributed by atoms with E-state index in [4.69, 9.17) is 21.1 Å². The van der Waals surface area contributed by atoms with Crippen LogP contribution in [0, 0.1) is 6.92 Å². The number of esters is 1. The van der Waals surface area contributed by atoms with Crippen molar-refractivity contribution in [2.45, 2.75) is 20.0 Å². The molecule has 2 N–H and O–H groups in total. The molecule has 7 nitrogen and oxygen atoms in total. The molecule has 0 aliphatic carbocycles. The second-order valence-corrected chi connectivity index (χ2v) is 6.84. The number of para-hydroxylation sites is 1. The van der Waals surface area contributed by atoms with E-state index in [0.29, 0.717) is 16.4 Å². The molecule has 29 heavy (non-hydrogen) atoms. The number of carbonyl (C=O) groups excluding carboxylic acids is 3. The van der Waals surface area contributed by atoms with Gasteiger partial charge in [0.25, 0.3) is 5.91 Å². The summed E-state index contributed by atoms with van der Waals surface area (Å²) < 4.78 is 10.5. The lowest BCUT2D eigenvalue weighted by molar-refractivity contribution is -0.150. The SMILES string of the molecule is Cc1ccc(Cl)cc1NC(=O)[C@@H](C)OC(=O)C1=C(Nc2ccccc2)OCC1=O. The van der Waals surface area contributed by atoms with Crippen molar-refractivity contribution in [2.75, 3.05) is 17.2 Å². The van der Waals surface area contributed by atoms with Gasteiger partial charge in [-0.2, -0.15) is 0 Å². The van der Waals surface area contributed by atoms with Gasteiger partial charge < -0.3 is 20.1 Å². The molecule has 0 fully saturated rings. The number of hydrogen-bond donors (Lipinski definition) is 2. The second kappa shape index (κ2) is 8.79. The summed E-state index contributed by atoms with van der Waals surface area (Å²) in [5.41, 5.74) is 1.70. The Morgan fingerprint density at radius 3 is 2.62 bits per heavy atom. The van der Waals surface area contributed by atoms with E-state index in [1.165, 1.54) is 6.92 Å². The van der Waals surface area contributed by atoms with Crippen molar-refractivity contribution < 1.29 is 23.9 Å². The van der Waals surface area contributed by atoms with E-state index < -0.39 is 23.8 Å². The number of anilines is 2. The van der Waals surface area contributed by atoms with E-state index in [1.807, 2.05) is 13.0 Å². The van der Waals surface area contributed by atoms with Crippen molar-refractivity contribution in [1.29, 1.82) is 0 Å². The van der Waals surface area contributed by atoms with Crippen LogP contribution in [0.2, 0.25) is 5.02 Å². The zero-order valence-electron chi connectivity index (χ0n) is 15.8. The van der Waals surface area contributed by atoms with Gasteiger partial charge in [0.1, 0.15) is 0 Å². The second-order valence-electron chi connectivity index (χ2n) is 6.40. The minimum absolute atomic E-state index is 0.00416. The van der Waals surface area contributed by atoms with Crippen LogP contribution in [0.25, 0.3) is 0 Å². The molecular weight excluding hydrogens is 396 g/mol. The molecule has 3 rings (SSSR count). The highest BCUT2D eigenvalue weighted by molar-refractivity contribution is 6.31. The summed E-state index contributed by atoms with van der Waals surface area (Å²) in [4.78, 5) is 37.0. The molecule has 0 saturated carbocycles. The molecule has 8 heteroatoms. The Kier molecular flexibility index (Phi) is 6.19. The smallest absolute Gasteiger partial charge is 0.348 e. The summed E-state index contributed by atoms with van der Waals surface area (Å²) in [6, 6.07) is 14.0. The van der Waals surface area contributed by atoms with Crippen molar-refractivity contribution >= 4 is 40.6 Å². The van der Waals surface area contributed by atoms with Gasteiger partial charge in [-0.15, -0.1) is 0 Å². The van der Waals surface area contributed by atoms with Crippen molar-refractivity contribution in [2.24, 2.45) is 0 Å². The third-order valence-corrected chi connectivity index (χ3v) is 4.43. The van der Waals surface area contributed by atoms with Gasteiger partial charge >= 0.3 is 5.97 Å². The van der Waals surface area contributed by atoms with E-state index in [2.05, 4.69) is 10.6 Å². The first-order valence-corrected chi connectivity index (χ1v) is 9.23. The molecule has 0 spiro atoms. The van der Waals surface area contributed by atoms with Crippen LogP contribution in [0.5, 0.6) is 0 Å². The van der Waals surface area contributed by atoms with Crippen LogP contribution >= 0.6 is 11.6 Å². The van der Waals surface area contributed by atoms with Crippen LogP contribution in [-0.2, 0) is 23.9 Å². The Balaban J connectivity index is 1.70. The van der Waals surface area contributed by atoms with Crippen LogP contribution < -0.4 is 10.6 Å². The summed E-state index contributed by atoms with van der Waals surface area (Å²) in [6.07, 6.45) is -1.14. The van der Waals surface area contributed by atoms with E-state index in [-0.39, 0.29) is 18.1 Å². The van der Waals surface area contributed by atoms with Gasteiger partial charge in [0, 0.05) is 16.4 Å². The zero-order chi connectivity index (χ0) is 21.0. The summed E-state index contributed by atoms with van der Waals surface area (Å²) >= 11 is 5.95. The number of amides is 1. The van der Waals surface area contributed by atoms with Crippen LogP contribution in [0.4, 0.5) is 11.4 Å². The van der Waals surface area contributed by atoms with Crippen molar-refractivity contribution in [3.8, 4) is 0 Å². The molecule has 1 aliphatic rings. The maximum absolute atomic E-state index is 12.5. The Morgan fingerprint density at radius 2 is 1.90 bits per heavy atom. The maximum Gasteiger partial charge on any atom is 0.348 e. The van der Waals surface area contributed by atoms with Gasteiger partial charge in [-0.05, 0) is 43.7 Å². The number of benzene rings is 2. The fraction of sp³-hybridized carbons (Fsp3) is 0.190. The fourth-order valence-electron chi connectivity index (χ4n) is 2.60. The zero-order valence-corrected chi connectivity index (χ0v) is 16.6. The first-order valence-electron chi connectivity index (χ1n) is 8.85. The molecule has 0 saturated heterocycles. The molecule has 1 heterocycles. The average Bonchev–Trinajstić information content (AvgIpc) is 3.05. The number of rotatable bonds is 6. The lowest BCUT2D eigenvalue weighted by Gasteiger charge is -2.15. The number of aryl methyl sites for hydroxylation is 1. The third-order valence-electron chi connectivity index (χ3n) is 4.20. The van der Waals surface area contributed by atoms with Crippen molar-refractivity contribution in [3.63, 3.8) is 0 Å². The topological polar surface area (TPSA) is 93.7 Å². The Hall–Kier alpha value is -3.32. The third kappa shape index (κ3) is 4.94. The van der Waals surface area contributed by atoms with Crippen molar-refractivity contribution in [1.82, 2.24) is 0 Å². The van der Waals surface area contributed by atoms with Crippen LogP contribution in [-0.4, -0.2) is 30.4 Å². The van der Waals surface area contributed by atoms with E-state index in [0.717, 1.165) is 5.56 Å². The minimum atomic E-state index is -1.14. The van der Waals surface area contributed by atoms with Gasteiger partial charge in [-0.25, -0.2) is 4.79 Å². The Bertz CT molecular complexity index is 988. The first-order chi connectivity index (χ1) is 13.8. The molecule has 2 aromatic rings. The highest BCUT2D eigenvalue weighted by Gasteiger charge is 2.34. The van der Waals surface area contributed by atoms with E-state index in [1.54, 1.807) is 42.5 Å². The van der Waals surface area contributed by atoms with Crippen LogP contribution in [0.15, 0.2) is 60.0 Å². The number of nitrogens with one attached hydrogen (secondary N) is 2. The van der Waals surface area contributed by atoms with Gasteiger partial charge in [0.05, 0.1) is 0 Å². The molecule has 1 aliphatic heterocycles. The van der Waals surface area contributed by atoms with Gasteiger partial charge in [0.15, 0.2) is 18.3 Å². The molecule has 2 aromatic carbocycles. The van der Waals surface area contributed by atoms with E-state index >= 15 is 0 Å². The standard InChI is InChI=1S/C21H19ClN2O5/c1-12-8-9-14(22)10-16(12)24-19(26)13(2)29-21(27)18-17(25)11-28-20(18)23-15-6-4-3-5-7-15/h3-10,13,23H,11H2,1-2H3,(H,24,26)/t13-/m1/s1. The maximum atomic E-state index is 12.5. The number of Topliss-reactive ketones (excluding diaryl/α,β-unsaturated/α-hetero) is 1. The highest BCUT2D eigenvalue weighted by atomic mass is 35.5. The van der Waals surface area contributed by atoms with Gasteiger partial charge in [-0.3, -0.25) is 9.59 Å². The summed E-state index contributed by atoms with van der Waals surface area (Å²) in [5, 5.41) is 6.00. The first kappa shape index (κ1) is 20.4. The van der Waals surface area contributed by atoms with Crippen LogP contribution in [0.1, 0.15) is 12.5 Å². The largest absolute Gasteiger partial charge is 0.470 e. The molecule has 0 radical (unpaired) electrons. The normalized spacial score (nSPS) is 14.2. The molecule has 0 aromatic heterocycles. The minimum Gasteiger partial charge on any atom is -0.470 e. The van der Waals surface area contributed by atoms with Crippen molar-refractivity contribution in [3.05, 3.63) is 70.6 Å². The van der Waals surface area contributed by atoms with Gasteiger partial charge in [-0.1, -0.05) is 35.9 Å². The highest BCUT2D eigenvalue weighted by Crippen LogP contribution is 2.22. The molecule has 1 amide bonds. The summed E-state index contributed by atoms with van der Waals surface area (Å²) in [5.74, 6) is -2.00. The quantitative estimate of drug-likeness (QED) is 0.555. The molecular formula is C21H19ClN2O5. The Morgan fingerprint density at radius 1 is 1.17 bits per heavy atom. The molecule has 0 bridgehead atoms. The Labute approximate surface area is 172 Å². The summed E-state index contributed by atoms with van der Waals surface area (Å²) in [7, 11) is 0. The summed E-state index contributed by atoms with van der Waals surface area (Å²) in [6.45, 7) is 2.95. The lowest BCUT2D eigenvalue weighted by atomic mass is 10.2. The lowest BCUT2D eigenvalue weighted by Crippen LogP contribution is -2.31. The monoisotopic (exact) mass is 414 g/mol. The predicted octanol–water partition coefficient (Wildman–Crippen LogP) is 3.44. The van der Waals surface area contributed by atoms with Gasteiger partial charge in [0.2, 0.25) is 11.7 Å².